The number of aryl methyl sites for hydroxylation is 1. The van der Waals surface area contributed by atoms with Gasteiger partial charge in [0.1, 0.15) is 18.1 Å². The van der Waals surface area contributed by atoms with Gasteiger partial charge >= 0.3 is 0 Å². The van der Waals surface area contributed by atoms with E-state index in [1.165, 1.54) is 11.1 Å². The van der Waals surface area contributed by atoms with Crippen molar-refractivity contribution in [3.8, 4) is 11.5 Å². The summed E-state index contributed by atoms with van der Waals surface area (Å²) in [6.45, 7) is 5.48. The van der Waals surface area contributed by atoms with E-state index in [2.05, 4.69) is 54.0 Å². The first-order chi connectivity index (χ1) is 10.2. The minimum absolute atomic E-state index is 0.568. The molecule has 0 aliphatic heterocycles. The number of benzene rings is 2. The Balaban J connectivity index is 2.09. The van der Waals surface area contributed by atoms with Gasteiger partial charge in [-0.15, -0.1) is 0 Å². The molecule has 0 heterocycles. The van der Waals surface area contributed by atoms with Crippen LogP contribution in [0, 0.1) is 6.92 Å². The van der Waals surface area contributed by atoms with Crippen LogP contribution in [0.4, 0.5) is 0 Å². The Bertz CT molecular complexity index is 581. The van der Waals surface area contributed by atoms with Crippen molar-refractivity contribution in [3.05, 3.63) is 59.2 Å². The lowest BCUT2D eigenvalue weighted by molar-refractivity contribution is 0.293. The first-order valence-electron chi connectivity index (χ1n) is 7.23. The molecule has 0 saturated heterocycles. The van der Waals surface area contributed by atoms with Gasteiger partial charge in [-0.25, -0.2) is 0 Å². The van der Waals surface area contributed by atoms with E-state index in [0.29, 0.717) is 6.61 Å². The maximum absolute atomic E-state index is 5.98. The van der Waals surface area contributed by atoms with Gasteiger partial charge in [0.25, 0.3) is 0 Å². The first kappa shape index (κ1) is 15.9. The van der Waals surface area contributed by atoms with Crippen molar-refractivity contribution in [2.24, 2.45) is 0 Å². The van der Waals surface area contributed by atoms with E-state index in [1.807, 2.05) is 18.2 Å². The van der Waals surface area contributed by atoms with Gasteiger partial charge < -0.3 is 9.47 Å². The van der Waals surface area contributed by atoms with Crippen molar-refractivity contribution in [1.29, 1.82) is 0 Å². The third-order valence-electron chi connectivity index (χ3n) is 3.13. The Morgan fingerprint density at radius 3 is 2.62 bits per heavy atom. The van der Waals surface area contributed by atoms with Crippen LogP contribution in [0.1, 0.15) is 30.0 Å². The number of hydrogen-bond donors (Lipinski definition) is 0. The SMILES string of the molecule is CCCOc1ccc(CBr)c(OCc2cccc(C)c2)c1. The molecular formula is C18H21BrO2. The third kappa shape index (κ3) is 4.78. The predicted molar refractivity (Wildman–Crippen MR) is 90.4 cm³/mol. The van der Waals surface area contributed by atoms with Crippen LogP contribution in [0.15, 0.2) is 42.5 Å². The molecule has 0 aromatic heterocycles. The zero-order valence-corrected chi connectivity index (χ0v) is 14.2. The molecule has 0 N–H and O–H groups in total. The molecule has 0 bridgehead atoms. The Morgan fingerprint density at radius 1 is 1.05 bits per heavy atom. The van der Waals surface area contributed by atoms with Crippen LogP contribution < -0.4 is 9.47 Å². The van der Waals surface area contributed by atoms with Gasteiger partial charge in [-0.05, 0) is 25.0 Å². The number of ether oxygens (including phenoxy) is 2. The minimum Gasteiger partial charge on any atom is -0.493 e. The number of hydrogen-bond acceptors (Lipinski definition) is 2. The lowest BCUT2D eigenvalue weighted by Gasteiger charge is -2.13. The van der Waals surface area contributed by atoms with Gasteiger partial charge in [0, 0.05) is 17.0 Å². The van der Waals surface area contributed by atoms with Crippen LogP contribution in [0.25, 0.3) is 0 Å². The summed E-state index contributed by atoms with van der Waals surface area (Å²) in [7, 11) is 0. The second kappa shape index (κ2) is 8.08. The van der Waals surface area contributed by atoms with E-state index in [9.17, 15) is 0 Å². The van der Waals surface area contributed by atoms with E-state index in [1.54, 1.807) is 0 Å². The molecule has 3 heteroatoms. The molecule has 2 aromatic carbocycles. The summed E-state index contributed by atoms with van der Waals surface area (Å²) in [5.41, 5.74) is 3.55. The van der Waals surface area contributed by atoms with Gasteiger partial charge in [0.15, 0.2) is 0 Å². The second-order valence-corrected chi connectivity index (χ2v) is 5.59. The molecule has 0 spiro atoms. The average Bonchev–Trinajstić information content (AvgIpc) is 2.51. The molecular weight excluding hydrogens is 328 g/mol. The maximum Gasteiger partial charge on any atom is 0.127 e. The lowest BCUT2D eigenvalue weighted by atomic mass is 10.1. The smallest absolute Gasteiger partial charge is 0.127 e. The summed E-state index contributed by atoms with van der Waals surface area (Å²) in [5, 5.41) is 0.768. The largest absolute Gasteiger partial charge is 0.493 e. The molecule has 2 rings (SSSR count). The van der Waals surface area contributed by atoms with Crippen molar-refractivity contribution in [2.45, 2.75) is 32.2 Å². The quantitative estimate of drug-likeness (QED) is 0.635. The topological polar surface area (TPSA) is 18.5 Å². The molecule has 2 aromatic rings. The highest BCUT2D eigenvalue weighted by Crippen LogP contribution is 2.27. The number of alkyl halides is 1. The third-order valence-corrected chi connectivity index (χ3v) is 3.74. The van der Waals surface area contributed by atoms with Gasteiger partial charge in [-0.3, -0.25) is 0 Å². The van der Waals surface area contributed by atoms with Crippen LogP contribution in [0.3, 0.4) is 0 Å². The molecule has 0 aliphatic rings. The van der Waals surface area contributed by atoms with Crippen LogP contribution >= 0.6 is 15.9 Å². The number of halogens is 1. The second-order valence-electron chi connectivity index (χ2n) is 5.03. The Morgan fingerprint density at radius 2 is 1.90 bits per heavy atom. The zero-order valence-electron chi connectivity index (χ0n) is 12.6. The Labute approximate surface area is 135 Å². The Kier molecular flexibility index (Phi) is 6.12. The highest BCUT2D eigenvalue weighted by molar-refractivity contribution is 9.08. The van der Waals surface area contributed by atoms with Gasteiger partial charge in [0.05, 0.1) is 6.61 Å². The minimum atomic E-state index is 0.568. The molecule has 0 aliphatic carbocycles. The summed E-state index contributed by atoms with van der Waals surface area (Å²) >= 11 is 3.50. The molecule has 2 nitrogen and oxygen atoms in total. The van der Waals surface area contributed by atoms with Crippen LogP contribution in [0.2, 0.25) is 0 Å². The van der Waals surface area contributed by atoms with E-state index in [4.69, 9.17) is 9.47 Å². The fourth-order valence-electron chi connectivity index (χ4n) is 2.05. The van der Waals surface area contributed by atoms with Crippen molar-refractivity contribution in [2.75, 3.05) is 6.61 Å². The van der Waals surface area contributed by atoms with E-state index in [-0.39, 0.29) is 0 Å². The van der Waals surface area contributed by atoms with E-state index < -0.39 is 0 Å². The highest BCUT2D eigenvalue weighted by atomic mass is 79.9. The van der Waals surface area contributed by atoms with Crippen molar-refractivity contribution in [3.63, 3.8) is 0 Å². The molecule has 0 unspecified atom stereocenters. The Hall–Kier alpha value is -1.48. The van der Waals surface area contributed by atoms with Crippen molar-refractivity contribution < 1.29 is 9.47 Å². The van der Waals surface area contributed by atoms with Crippen molar-refractivity contribution >= 4 is 15.9 Å². The van der Waals surface area contributed by atoms with E-state index in [0.717, 1.165) is 35.4 Å². The summed E-state index contributed by atoms with van der Waals surface area (Å²) in [6.07, 6.45) is 1.000. The standard InChI is InChI=1S/C18H21BrO2/c1-3-9-20-17-8-7-16(12-19)18(11-17)21-13-15-6-4-5-14(2)10-15/h4-8,10-11H,3,9,12-13H2,1-2H3. The fraction of sp³-hybridized carbons (Fsp3) is 0.333. The first-order valence-corrected chi connectivity index (χ1v) is 8.35. The maximum atomic E-state index is 5.98. The normalized spacial score (nSPS) is 10.4. The predicted octanol–water partition coefficient (Wildman–Crippen LogP) is 5.26. The van der Waals surface area contributed by atoms with Gasteiger partial charge in [-0.2, -0.15) is 0 Å². The number of rotatable bonds is 7. The van der Waals surface area contributed by atoms with Gasteiger partial charge in [-0.1, -0.05) is 58.7 Å². The highest BCUT2D eigenvalue weighted by Gasteiger charge is 2.06. The van der Waals surface area contributed by atoms with Gasteiger partial charge in [0.2, 0.25) is 0 Å². The van der Waals surface area contributed by atoms with Crippen molar-refractivity contribution in [1.82, 2.24) is 0 Å². The molecule has 112 valence electrons. The average molecular weight is 349 g/mol. The van der Waals surface area contributed by atoms with Crippen LogP contribution in [-0.2, 0) is 11.9 Å². The van der Waals surface area contributed by atoms with Crippen LogP contribution in [0.5, 0.6) is 11.5 Å². The summed E-state index contributed by atoms with van der Waals surface area (Å²) in [5.74, 6) is 1.74. The molecule has 21 heavy (non-hydrogen) atoms. The molecule has 0 fully saturated rings. The fourth-order valence-corrected chi connectivity index (χ4v) is 2.52. The molecule has 0 radical (unpaired) electrons. The molecule has 0 saturated carbocycles. The summed E-state index contributed by atoms with van der Waals surface area (Å²) < 4.78 is 11.7. The lowest BCUT2D eigenvalue weighted by Crippen LogP contribution is -2.00. The van der Waals surface area contributed by atoms with E-state index >= 15 is 0 Å². The van der Waals surface area contributed by atoms with Crippen LogP contribution in [-0.4, -0.2) is 6.61 Å². The molecule has 0 amide bonds. The molecule has 0 atom stereocenters. The monoisotopic (exact) mass is 348 g/mol. The summed E-state index contributed by atoms with van der Waals surface area (Å²) in [4.78, 5) is 0. The summed E-state index contributed by atoms with van der Waals surface area (Å²) in [6, 6.07) is 14.4. The zero-order chi connectivity index (χ0) is 15.1.